The second kappa shape index (κ2) is 4.34. The van der Waals surface area contributed by atoms with Gasteiger partial charge in [0, 0.05) is 18.4 Å². The van der Waals surface area contributed by atoms with E-state index in [2.05, 4.69) is 4.74 Å². The number of nitrogens with two attached hydrogens (primary N) is 1. The average molecular weight is 273 g/mol. The summed E-state index contributed by atoms with van der Waals surface area (Å²) in [5.41, 5.74) is -0.148. The smallest absolute Gasteiger partial charge is 0.399 e. The molecule has 0 saturated carbocycles. The number of nitrogen functional groups attached to an aromatic ring is 1. The van der Waals surface area contributed by atoms with E-state index in [1.54, 1.807) is 0 Å². The van der Waals surface area contributed by atoms with E-state index in [0.29, 0.717) is 19.2 Å². The Morgan fingerprint density at radius 3 is 1.56 bits per heavy atom. The molecule has 102 valence electrons. The first-order valence-corrected chi connectivity index (χ1v) is 4.61. The Morgan fingerprint density at radius 2 is 1.28 bits per heavy atom. The second-order valence-corrected chi connectivity index (χ2v) is 3.50. The highest BCUT2D eigenvalue weighted by Gasteiger charge is 2.72. The zero-order valence-electron chi connectivity index (χ0n) is 9.06. The molecule has 0 spiro atoms. The van der Waals surface area contributed by atoms with Crippen LogP contribution in [-0.2, 0) is 10.3 Å². The van der Waals surface area contributed by atoms with Crippen LogP contribution < -0.4 is 5.73 Å². The highest BCUT2D eigenvalue weighted by Crippen LogP contribution is 2.52. The molecule has 1 aromatic carbocycles. The highest BCUT2D eigenvalue weighted by atomic mass is 19.4. The molecule has 0 unspecified atom stereocenters. The molecule has 0 fully saturated rings. The Labute approximate surface area is 98.3 Å². The quantitative estimate of drug-likeness (QED) is 0.663. The van der Waals surface area contributed by atoms with Gasteiger partial charge < -0.3 is 10.5 Å². The summed E-state index contributed by atoms with van der Waals surface area (Å²) < 4.78 is 80.5. The van der Waals surface area contributed by atoms with E-state index in [-0.39, 0.29) is 5.69 Å². The average Bonchev–Trinajstić information content (AvgIpc) is 2.18. The maximum absolute atomic E-state index is 12.8. The van der Waals surface area contributed by atoms with Crippen molar-refractivity contribution in [2.24, 2.45) is 0 Å². The number of anilines is 1. The van der Waals surface area contributed by atoms with Crippen LogP contribution in [0.5, 0.6) is 0 Å². The van der Waals surface area contributed by atoms with Gasteiger partial charge in [-0.3, -0.25) is 0 Å². The minimum absolute atomic E-state index is 0.0492. The van der Waals surface area contributed by atoms with Crippen LogP contribution >= 0.6 is 0 Å². The van der Waals surface area contributed by atoms with Gasteiger partial charge in [-0.15, -0.1) is 0 Å². The lowest BCUT2D eigenvalue weighted by Gasteiger charge is -2.36. The number of ether oxygens (including phenoxy) is 1. The summed E-state index contributed by atoms with van der Waals surface area (Å²) in [5, 5.41) is 0. The van der Waals surface area contributed by atoms with Gasteiger partial charge >= 0.3 is 12.4 Å². The number of benzene rings is 1. The van der Waals surface area contributed by atoms with E-state index >= 15 is 0 Å². The highest BCUT2D eigenvalue weighted by molar-refractivity contribution is 5.42. The molecular weight excluding hydrogens is 264 g/mol. The fraction of sp³-hybridized carbons (Fsp3) is 0.400. The largest absolute Gasteiger partial charge is 0.430 e. The van der Waals surface area contributed by atoms with E-state index in [4.69, 9.17) is 5.73 Å². The first-order chi connectivity index (χ1) is 8.06. The van der Waals surface area contributed by atoms with Crippen molar-refractivity contribution in [2.45, 2.75) is 18.0 Å². The molecular formula is C10H9F6NO. The standard InChI is InChI=1S/C10H9F6NO/c1-18-8(9(11,12)13,10(14,15)16)6-2-4-7(17)5-3-6/h2-5H,17H2,1H3. The SMILES string of the molecule is COC(c1ccc(N)cc1)(C(F)(F)F)C(F)(F)F. The summed E-state index contributed by atoms with van der Waals surface area (Å²) in [7, 11) is 0.358. The predicted octanol–water partition coefficient (Wildman–Crippen LogP) is 3.24. The fourth-order valence-electron chi connectivity index (χ4n) is 1.56. The van der Waals surface area contributed by atoms with Gasteiger partial charge in [0.25, 0.3) is 5.60 Å². The number of halogens is 6. The Bertz CT molecular complexity index is 394. The minimum Gasteiger partial charge on any atom is -0.399 e. The van der Waals surface area contributed by atoms with Gasteiger partial charge in [-0.25, -0.2) is 0 Å². The van der Waals surface area contributed by atoms with Gasteiger partial charge in [0.05, 0.1) is 0 Å². The van der Waals surface area contributed by atoms with Gasteiger partial charge in [0.1, 0.15) is 0 Å². The van der Waals surface area contributed by atoms with Crippen LogP contribution in [0.15, 0.2) is 24.3 Å². The van der Waals surface area contributed by atoms with Crippen LogP contribution in [-0.4, -0.2) is 19.5 Å². The fourth-order valence-corrected chi connectivity index (χ4v) is 1.56. The molecule has 0 amide bonds. The number of hydrogen-bond donors (Lipinski definition) is 1. The van der Waals surface area contributed by atoms with Crippen LogP contribution in [0.1, 0.15) is 5.56 Å². The zero-order chi connectivity index (χ0) is 14.2. The summed E-state index contributed by atoms with van der Waals surface area (Å²) in [6.45, 7) is 0. The van der Waals surface area contributed by atoms with Crippen molar-refractivity contribution >= 4 is 5.69 Å². The molecule has 0 aliphatic heterocycles. The molecule has 1 rings (SSSR count). The lowest BCUT2D eigenvalue weighted by Crippen LogP contribution is -2.55. The number of hydrogen-bond acceptors (Lipinski definition) is 2. The van der Waals surface area contributed by atoms with Gasteiger partial charge in [0.2, 0.25) is 0 Å². The van der Waals surface area contributed by atoms with Gasteiger partial charge in [-0.2, -0.15) is 26.3 Å². The molecule has 0 aliphatic rings. The topological polar surface area (TPSA) is 35.2 Å². The maximum atomic E-state index is 12.8. The summed E-state index contributed by atoms with van der Waals surface area (Å²) in [6.07, 6.45) is -11.3. The number of methoxy groups -OCH3 is 1. The van der Waals surface area contributed by atoms with Crippen molar-refractivity contribution in [2.75, 3.05) is 12.8 Å². The molecule has 0 bridgehead atoms. The van der Waals surface area contributed by atoms with Crippen molar-refractivity contribution in [1.82, 2.24) is 0 Å². The van der Waals surface area contributed by atoms with E-state index in [9.17, 15) is 26.3 Å². The molecule has 8 heteroatoms. The molecule has 0 aliphatic carbocycles. The third kappa shape index (κ3) is 2.12. The molecule has 0 aromatic heterocycles. The lowest BCUT2D eigenvalue weighted by atomic mass is 9.92. The number of alkyl halides is 6. The van der Waals surface area contributed by atoms with Crippen molar-refractivity contribution in [3.05, 3.63) is 29.8 Å². The van der Waals surface area contributed by atoms with Crippen LogP contribution in [0.25, 0.3) is 0 Å². The molecule has 2 nitrogen and oxygen atoms in total. The van der Waals surface area contributed by atoms with E-state index in [1.807, 2.05) is 0 Å². The Hall–Kier alpha value is -1.44. The van der Waals surface area contributed by atoms with E-state index < -0.39 is 23.5 Å². The molecule has 2 N–H and O–H groups in total. The Balaban J connectivity index is 3.51. The zero-order valence-corrected chi connectivity index (χ0v) is 9.06. The first kappa shape index (κ1) is 14.6. The van der Waals surface area contributed by atoms with Crippen molar-refractivity contribution < 1.29 is 31.1 Å². The van der Waals surface area contributed by atoms with Crippen LogP contribution in [0.2, 0.25) is 0 Å². The van der Waals surface area contributed by atoms with Crippen LogP contribution in [0.4, 0.5) is 32.0 Å². The van der Waals surface area contributed by atoms with Crippen molar-refractivity contribution in [3.8, 4) is 0 Å². The van der Waals surface area contributed by atoms with Crippen molar-refractivity contribution in [1.29, 1.82) is 0 Å². The predicted molar refractivity (Wildman–Crippen MR) is 51.7 cm³/mol. The molecule has 0 radical (unpaired) electrons. The maximum Gasteiger partial charge on any atom is 0.430 e. The summed E-state index contributed by atoms with van der Waals surface area (Å²) in [4.78, 5) is 0. The molecule has 0 saturated heterocycles. The third-order valence-corrected chi connectivity index (χ3v) is 2.42. The van der Waals surface area contributed by atoms with Crippen LogP contribution in [0.3, 0.4) is 0 Å². The summed E-state index contributed by atoms with van der Waals surface area (Å²) in [6, 6.07) is 3.17. The lowest BCUT2D eigenvalue weighted by molar-refractivity contribution is -0.383. The van der Waals surface area contributed by atoms with E-state index in [1.165, 1.54) is 0 Å². The third-order valence-electron chi connectivity index (χ3n) is 2.42. The van der Waals surface area contributed by atoms with E-state index in [0.717, 1.165) is 12.1 Å². The molecule has 0 atom stereocenters. The summed E-state index contributed by atoms with van der Waals surface area (Å²) >= 11 is 0. The van der Waals surface area contributed by atoms with Crippen molar-refractivity contribution in [3.63, 3.8) is 0 Å². The first-order valence-electron chi connectivity index (χ1n) is 4.61. The Kier molecular flexibility index (Phi) is 3.53. The Morgan fingerprint density at radius 1 is 0.889 bits per heavy atom. The van der Waals surface area contributed by atoms with Gasteiger partial charge in [-0.1, -0.05) is 12.1 Å². The van der Waals surface area contributed by atoms with Gasteiger partial charge in [0.15, 0.2) is 0 Å². The normalized spacial score (nSPS) is 13.7. The minimum atomic E-state index is -5.64. The summed E-state index contributed by atoms with van der Waals surface area (Å²) in [5.74, 6) is 0. The van der Waals surface area contributed by atoms with Crippen LogP contribution in [0, 0.1) is 0 Å². The molecule has 18 heavy (non-hydrogen) atoms. The molecule has 1 aromatic rings. The monoisotopic (exact) mass is 273 g/mol. The molecule has 0 heterocycles. The number of rotatable bonds is 2. The second-order valence-electron chi connectivity index (χ2n) is 3.50. The van der Waals surface area contributed by atoms with Gasteiger partial charge in [-0.05, 0) is 12.1 Å².